The van der Waals surface area contributed by atoms with Crippen molar-refractivity contribution in [2.45, 2.75) is 37.1 Å². The molecule has 0 atom stereocenters. The maximum Gasteiger partial charge on any atom is 0.243 e. The number of rotatable bonds is 5. The van der Waals surface area contributed by atoms with Gasteiger partial charge < -0.3 is 4.90 Å². The van der Waals surface area contributed by atoms with E-state index in [4.69, 9.17) is 0 Å². The molecule has 7 heteroatoms. The summed E-state index contributed by atoms with van der Waals surface area (Å²) in [5, 5.41) is 0. The van der Waals surface area contributed by atoms with Gasteiger partial charge in [-0.1, -0.05) is 19.1 Å². The van der Waals surface area contributed by atoms with Gasteiger partial charge in [0.25, 0.3) is 0 Å². The minimum absolute atomic E-state index is 0. The van der Waals surface area contributed by atoms with E-state index in [1.807, 2.05) is 0 Å². The summed E-state index contributed by atoms with van der Waals surface area (Å²) in [7, 11) is -3.76. The molecule has 21 heavy (non-hydrogen) atoms. The van der Waals surface area contributed by atoms with Crippen LogP contribution in [0.3, 0.4) is 0 Å². The number of benzene rings is 1. The molecule has 1 aromatic carbocycles. The van der Waals surface area contributed by atoms with Crippen LogP contribution in [0.5, 0.6) is 0 Å². The summed E-state index contributed by atoms with van der Waals surface area (Å²) in [6.45, 7) is 4.95. The molecular formula is C14H22ClFN2O2S. The minimum atomic E-state index is -3.76. The van der Waals surface area contributed by atoms with E-state index in [0.29, 0.717) is 0 Å². The lowest BCUT2D eigenvalue weighted by Gasteiger charge is -2.31. The van der Waals surface area contributed by atoms with Crippen LogP contribution in [0.25, 0.3) is 0 Å². The number of nitrogens with one attached hydrogen (secondary N) is 1. The zero-order chi connectivity index (χ0) is 14.6. The predicted octanol–water partition coefficient (Wildman–Crippen LogP) is 2.40. The van der Waals surface area contributed by atoms with Crippen LogP contribution >= 0.6 is 12.4 Å². The topological polar surface area (TPSA) is 49.4 Å². The molecule has 2 rings (SSSR count). The van der Waals surface area contributed by atoms with Gasteiger partial charge in [0.2, 0.25) is 10.0 Å². The van der Waals surface area contributed by atoms with Gasteiger partial charge in [-0.3, -0.25) is 0 Å². The number of hydrogen-bond acceptors (Lipinski definition) is 3. The monoisotopic (exact) mass is 336 g/mol. The van der Waals surface area contributed by atoms with Gasteiger partial charge in [0.1, 0.15) is 10.7 Å². The number of hydrogen-bond donors (Lipinski definition) is 1. The van der Waals surface area contributed by atoms with Gasteiger partial charge in [0.15, 0.2) is 0 Å². The number of piperidine rings is 1. The summed E-state index contributed by atoms with van der Waals surface area (Å²) >= 11 is 0. The third-order valence-electron chi connectivity index (χ3n) is 3.58. The lowest BCUT2D eigenvalue weighted by Crippen LogP contribution is -2.44. The highest BCUT2D eigenvalue weighted by Crippen LogP contribution is 2.17. The Balaban J connectivity index is 0.00000220. The van der Waals surface area contributed by atoms with Crippen LogP contribution in [0.4, 0.5) is 4.39 Å². The second-order valence-electron chi connectivity index (χ2n) is 5.17. The Morgan fingerprint density at radius 1 is 1.29 bits per heavy atom. The number of sulfonamides is 1. The third-order valence-corrected chi connectivity index (χ3v) is 5.13. The molecule has 0 aliphatic carbocycles. The zero-order valence-electron chi connectivity index (χ0n) is 12.1. The van der Waals surface area contributed by atoms with E-state index in [-0.39, 0.29) is 23.3 Å². The molecule has 1 N–H and O–H groups in total. The Hall–Kier alpha value is -0.690. The lowest BCUT2D eigenvalue weighted by molar-refractivity contribution is 0.208. The van der Waals surface area contributed by atoms with E-state index in [0.717, 1.165) is 38.9 Å². The average molecular weight is 337 g/mol. The molecular weight excluding hydrogens is 315 g/mol. The van der Waals surface area contributed by atoms with Crippen LogP contribution in [0, 0.1) is 5.82 Å². The maximum atomic E-state index is 13.6. The van der Waals surface area contributed by atoms with Crippen LogP contribution in [-0.4, -0.2) is 39.0 Å². The van der Waals surface area contributed by atoms with E-state index in [1.165, 1.54) is 24.3 Å². The first-order chi connectivity index (χ1) is 9.53. The molecule has 1 saturated heterocycles. The van der Waals surface area contributed by atoms with E-state index >= 15 is 0 Å². The Morgan fingerprint density at radius 2 is 1.90 bits per heavy atom. The van der Waals surface area contributed by atoms with Crippen molar-refractivity contribution in [3.8, 4) is 0 Å². The largest absolute Gasteiger partial charge is 0.303 e. The van der Waals surface area contributed by atoms with Gasteiger partial charge >= 0.3 is 0 Å². The van der Waals surface area contributed by atoms with Crippen LogP contribution in [0.2, 0.25) is 0 Å². The van der Waals surface area contributed by atoms with Gasteiger partial charge in [-0.25, -0.2) is 17.5 Å². The molecule has 0 saturated carbocycles. The summed E-state index contributed by atoms with van der Waals surface area (Å²) in [4.78, 5) is 2.06. The van der Waals surface area contributed by atoms with Crippen LogP contribution in [-0.2, 0) is 10.0 Å². The highest BCUT2D eigenvalue weighted by molar-refractivity contribution is 7.89. The Labute approximate surface area is 132 Å². The molecule has 0 bridgehead atoms. The van der Waals surface area contributed by atoms with Crippen molar-refractivity contribution in [1.29, 1.82) is 0 Å². The van der Waals surface area contributed by atoms with Crippen LogP contribution in [0.15, 0.2) is 29.2 Å². The van der Waals surface area contributed by atoms with Crippen molar-refractivity contribution >= 4 is 22.4 Å². The molecule has 4 nitrogen and oxygen atoms in total. The van der Waals surface area contributed by atoms with Gasteiger partial charge in [-0.05, 0) is 51.0 Å². The second-order valence-corrected chi connectivity index (χ2v) is 6.85. The first kappa shape index (κ1) is 18.4. The van der Waals surface area contributed by atoms with E-state index in [1.54, 1.807) is 0 Å². The Bertz CT molecular complexity index is 546. The molecule has 1 aromatic rings. The summed E-state index contributed by atoms with van der Waals surface area (Å²) in [5.41, 5.74) is 0. The molecule has 120 valence electrons. The fourth-order valence-corrected chi connectivity index (χ4v) is 3.92. The van der Waals surface area contributed by atoms with Crippen molar-refractivity contribution in [3.63, 3.8) is 0 Å². The number of nitrogens with zero attached hydrogens (tertiary/aromatic N) is 1. The van der Waals surface area contributed by atoms with Gasteiger partial charge in [-0.2, -0.15) is 0 Å². The zero-order valence-corrected chi connectivity index (χ0v) is 13.7. The highest BCUT2D eigenvalue weighted by Gasteiger charge is 2.25. The smallest absolute Gasteiger partial charge is 0.243 e. The summed E-state index contributed by atoms with van der Waals surface area (Å²) < 4.78 is 40.5. The average Bonchev–Trinajstić information content (AvgIpc) is 2.41. The Morgan fingerprint density at radius 3 is 2.48 bits per heavy atom. The first-order valence-corrected chi connectivity index (χ1v) is 8.50. The molecule has 0 spiro atoms. The SMILES string of the molecule is CCCN1CCC(NS(=O)(=O)c2ccccc2F)CC1.Cl. The second kappa shape index (κ2) is 8.08. The van der Waals surface area contributed by atoms with Crippen molar-refractivity contribution in [2.75, 3.05) is 19.6 Å². The quantitative estimate of drug-likeness (QED) is 0.898. The fourth-order valence-electron chi connectivity index (χ4n) is 2.54. The van der Waals surface area contributed by atoms with Gasteiger partial charge in [0.05, 0.1) is 0 Å². The Kier molecular flexibility index (Phi) is 7.06. The van der Waals surface area contributed by atoms with Crippen molar-refractivity contribution < 1.29 is 12.8 Å². The fraction of sp³-hybridized carbons (Fsp3) is 0.571. The summed E-state index contributed by atoms with van der Waals surface area (Å²) in [6, 6.07) is 5.37. The van der Waals surface area contributed by atoms with Gasteiger partial charge in [-0.15, -0.1) is 12.4 Å². The molecule has 1 aliphatic rings. The standard InChI is InChI=1S/C14H21FN2O2S.ClH/c1-2-9-17-10-7-12(8-11-17)16-20(18,19)14-6-4-3-5-13(14)15;/h3-6,12,16H,2,7-11H2,1H3;1H. The molecule has 1 aliphatic heterocycles. The molecule has 1 heterocycles. The molecule has 0 unspecified atom stereocenters. The van der Waals surface area contributed by atoms with Crippen molar-refractivity contribution in [2.24, 2.45) is 0 Å². The van der Waals surface area contributed by atoms with Crippen molar-refractivity contribution in [3.05, 3.63) is 30.1 Å². The normalized spacial score (nSPS) is 17.4. The maximum absolute atomic E-state index is 13.6. The van der Waals surface area contributed by atoms with Crippen molar-refractivity contribution in [1.82, 2.24) is 9.62 Å². The summed E-state index contributed by atoms with van der Waals surface area (Å²) in [5.74, 6) is -0.705. The molecule has 0 radical (unpaired) electrons. The number of likely N-dealkylation sites (tertiary alicyclic amines) is 1. The minimum Gasteiger partial charge on any atom is -0.303 e. The van der Waals surface area contributed by atoms with Gasteiger partial charge in [0, 0.05) is 6.04 Å². The lowest BCUT2D eigenvalue weighted by atomic mass is 10.1. The first-order valence-electron chi connectivity index (χ1n) is 7.02. The summed E-state index contributed by atoms with van der Waals surface area (Å²) in [6.07, 6.45) is 2.65. The van der Waals surface area contributed by atoms with E-state index in [9.17, 15) is 12.8 Å². The van der Waals surface area contributed by atoms with E-state index in [2.05, 4.69) is 16.5 Å². The van der Waals surface area contributed by atoms with E-state index < -0.39 is 15.8 Å². The predicted molar refractivity (Wildman–Crippen MR) is 83.7 cm³/mol. The molecule has 1 fully saturated rings. The molecule has 0 amide bonds. The molecule has 0 aromatic heterocycles. The number of halogens is 2. The van der Waals surface area contributed by atoms with Crippen LogP contribution in [0.1, 0.15) is 26.2 Å². The highest BCUT2D eigenvalue weighted by atomic mass is 35.5. The van der Waals surface area contributed by atoms with Crippen LogP contribution < -0.4 is 4.72 Å². The third kappa shape index (κ3) is 4.92.